The van der Waals surface area contributed by atoms with Crippen molar-refractivity contribution in [2.45, 2.75) is 18.9 Å². The summed E-state index contributed by atoms with van der Waals surface area (Å²) in [5.41, 5.74) is 1.55. The molecule has 0 N–H and O–H groups in total. The fraction of sp³-hybridized carbons (Fsp3) is 0.500. The lowest BCUT2D eigenvalue weighted by atomic mass is 10.2. The average Bonchev–Trinajstić information content (AvgIpc) is 2.78. The van der Waals surface area contributed by atoms with Gasteiger partial charge in [0.25, 0.3) is 0 Å². The molecule has 1 aliphatic rings. The van der Waals surface area contributed by atoms with Crippen LogP contribution in [0.4, 0.5) is 11.4 Å². The van der Waals surface area contributed by atoms with Gasteiger partial charge in [-0.05, 0) is 36.2 Å². The van der Waals surface area contributed by atoms with E-state index in [1.807, 2.05) is 18.2 Å². The molecule has 0 spiro atoms. The second-order valence-electron chi connectivity index (χ2n) is 4.06. The minimum absolute atomic E-state index is 0.423. The fourth-order valence-corrected chi connectivity index (χ4v) is 2.27. The van der Waals surface area contributed by atoms with Gasteiger partial charge in [0.2, 0.25) is 0 Å². The summed E-state index contributed by atoms with van der Waals surface area (Å²) in [6.07, 6.45) is 2.32. The zero-order chi connectivity index (χ0) is 11.4. The normalized spacial score (nSPS) is 20.1. The van der Waals surface area contributed by atoms with Crippen molar-refractivity contribution in [3.63, 3.8) is 0 Å². The van der Waals surface area contributed by atoms with Gasteiger partial charge in [-0.3, -0.25) is 0 Å². The predicted octanol–water partition coefficient (Wildman–Crippen LogP) is 2.70. The van der Waals surface area contributed by atoms with Gasteiger partial charge in [0.15, 0.2) is 0 Å². The molecule has 4 heteroatoms. The van der Waals surface area contributed by atoms with Crippen molar-refractivity contribution in [2.24, 2.45) is 5.18 Å². The SMILES string of the molecule is COCC1CCCN1c1cccc(N=O)c1. The largest absolute Gasteiger partial charge is 0.383 e. The third-order valence-corrected chi connectivity index (χ3v) is 3.00. The van der Waals surface area contributed by atoms with E-state index in [4.69, 9.17) is 4.74 Å². The summed E-state index contributed by atoms with van der Waals surface area (Å²) in [6, 6.07) is 7.86. The minimum atomic E-state index is 0.423. The molecule has 1 unspecified atom stereocenters. The lowest BCUT2D eigenvalue weighted by Crippen LogP contribution is -2.32. The zero-order valence-corrected chi connectivity index (χ0v) is 9.43. The topological polar surface area (TPSA) is 41.9 Å². The summed E-state index contributed by atoms with van der Waals surface area (Å²) in [5.74, 6) is 0. The lowest BCUT2D eigenvalue weighted by Gasteiger charge is -2.26. The van der Waals surface area contributed by atoms with Gasteiger partial charge in [0.05, 0.1) is 12.6 Å². The van der Waals surface area contributed by atoms with E-state index in [2.05, 4.69) is 10.1 Å². The van der Waals surface area contributed by atoms with E-state index in [9.17, 15) is 4.91 Å². The van der Waals surface area contributed by atoms with Gasteiger partial charge in [0.1, 0.15) is 5.69 Å². The molecule has 86 valence electrons. The maximum absolute atomic E-state index is 10.5. The van der Waals surface area contributed by atoms with Crippen molar-refractivity contribution in [1.29, 1.82) is 0 Å². The van der Waals surface area contributed by atoms with Gasteiger partial charge in [-0.1, -0.05) is 6.07 Å². The van der Waals surface area contributed by atoms with E-state index in [1.165, 1.54) is 6.42 Å². The van der Waals surface area contributed by atoms with Crippen LogP contribution >= 0.6 is 0 Å². The second kappa shape index (κ2) is 5.07. The van der Waals surface area contributed by atoms with E-state index in [1.54, 1.807) is 13.2 Å². The van der Waals surface area contributed by atoms with E-state index in [0.717, 1.165) is 25.3 Å². The standard InChI is InChI=1S/C12H16N2O2/c1-16-9-12-6-3-7-14(12)11-5-2-4-10(8-11)13-15/h2,4-5,8,12H,3,6-7,9H2,1H3. The number of hydrogen-bond donors (Lipinski definition) is 0. The van der Waals surface area contributed by atoms with Gasteiger partial charge in [-0.15, -0.1) is 4.91 Å². The summed E-state index contributed by atoms with van der Waals surface area (Å²) in [5, 5.41) is 2.97. The highest BCUT2D eigenvalue weighted by Crippen LogP contribution is 2.28. The lowest BCUT2D eigenvalue weighted by molar-refractivity contribution is 0.181. The number of anilines is 1. The highest BCUT2D eigenvalue weighted by molar-refractivity contribution is 5.56. The van der Waals surface area contributed by atoms with E-state index in [-0.39, 0.29) is 0 Å². The molecule has 16 heavy (non-hydrogen) atoms. The number of ether oxygens (including phenoxy) is 1. The van der Waals surface area contributed by atoms with Crippen LogP contribution < -0.4 is 4.90 Å². The molecule has 1 aromatic carbocycles. The highest BCUT2D eigenvalue weighted by Gasteiger charge is 2.24. The molecule has 1 saturated heterocycles. The monoisotopic (exact) mass is 220 g/mol. The first-order valence-corrected chi connectivity index (χ1v) is 5.54. The van der Waals surface area contributed by atoms with Crippen LogP contribution in [0.3, 0.4) is 0 Å². The highest BCUT2D eigenvalue weighted by atomic mass is 16.5. The van der Waals surface area contributed by atoms with Crippen LogP contribution in [-0.4, -0.2) is 26.3 Å². The summed E-state index contributed by atoms with van der Waals surface area (Å²) >= 11 is 0. The van der Waals surface area contributed by atoms with Crippen LogP contribution in [0.2, 0.25) is 0 Å². The molecule has 0 amide bonds. The first kappa shape index (κ1) is 11.1. The molecular formula is C12H16N2O2. The Hall–Kier alpha value is -1.42. The van der Waals surface area contributed by atoms with Crippen molar-refractivity contribution in [2.75, 3.05) is 25.2 Å². The Morgan fingerprint density at radius 1 is 1.56 bits per heavy atom. The molecule has 1 atom stereocenters. The fourth-order valence-electron chi connectivity index (χ4n) is 2.27. The van der Waals surface area contributed by atoms with Gasteiger partial charge < -0.3 is 9.64 Å². The Morgan fingerprint density at radius 3 is 3.19 bits per heavy atom. The van der Waals surface area contributed by atoms with E-state index in [0.29, 0.717) is 11.7 Å². The second-order valence-corrected chi connectivity index (χ2v) is 4.06. The zero-order valence-electron chi connectivity index (χ0n) is 9.43. The summed E-state index contributed by atoms with van der Waals surface area (Å²) in [4.78, 5) is 12.8. The molecule has 0 radical (unpaired) electrons. The summed E-state index contributed by atoms with van der Waals surface area (Å²) < 4.78 is 5.21. The van der Waals surface area contributed by atoms with Gasteiger partial charge >= 0.3 is 0 Å². The molecule has 1 aliphatic heterocycles. The van der Waals surface area contributed by atoms with Gasteiger partial charge in [0, 0.05) is 19.3 Å². The smallest absolute Gasteiger partial charge is 0.110 e. The van der Waals surface area contributed by atoms with Crippen molar-refractivity contribution in [1.82, 2.24) is 0 Å². The van der Waals surface area contributed by atoms with Crippen LogP contribution in [0, 0.1) is 4.91 Å². The van der Waals surface area contributed by atoms with Gasteiger partial charge in [-0.25, -0.2) is 0 Å². The molecule has 1 heterocycles. The Labute approximate surface area is 95.2 Å². The third-order valence-electron chi connectivity index (χ3n) is 3.00. The third kappa shape index (κ3) is 2.22. The number of benzene rings is 1. The van der Waals surface area contributed by atoms with Crippen LogP contribution in [0.15, 0.2) is 29.4 Å². The number of nitrogens with zero attached hydrogens (tertiary/aromatic N) is 2. The van der Waals surface area contributed by atoms with Crippen LogP contribution in [-0.2, 0) is 4.74 Å². The number of nitroso groups, excluding NO2 is 1. The Bertz CT molecular complexity index is 368. The number of rotatable bonds is 4. The Kier molecular flexibility index (Phi) is 3.51. The molecule has 1 aromatic rings. The molecule has 0 saturated carbocycles. The predicted molar refractivity (Wildman–Crippen MR) is 64.1 cm³/mol. The van der Waals surface area contributed by atoms with Crippen LogP contribution in [0.5, 0.6) is 0 Å². The van der Waals surface area contributed by atoms with Crippen molar-refractivity contribution in [3.8, 4) is 0 Å². The Balaban J connectivity index is 2.18. The summed E-state index contributed by atoms with van der Waals surface area (Å²) in [6.45, 7) is 1.76. The molecule has 0 aromatic heterocycles. The Morgan fingerprint density at radius 2 is 2.44 bits per heavy atom. The molecule has 4 nitrogen and oxygen atoms in total. The van der Waals surface area contributed by atoms with Crippen molar-refractivity contribution >= 4 is 11.4 Å². The van der Waals surface area contributed by atoms with E-state index < -0.39 is 0 Å². The van der Waals surface area contributed by atoms with Gasteiger partial charge in [-0.2, -0.15) is 0 Å². The van der Waals surface area contributed by atoms with Crippen LogP contribution in [0.25, 0.3) is 0 Å². The van der Waals surface area contributed by atoms with Crippen molar-refractivity contribution in [3.05, 3.63) is 29.2 Å². The first-order chi connectivity index (χ1) is 7.85. The molecule has 2 rings (SSSR count). The maximum atomic E-state index is 10.5. The molecule has 0 aliphatic carbocycles. The minimum Gasteiger partial charge on any atom is -0.383 e. The quantitative estimate of drug-likeness (QED) is 0.732. The molecule has 1 fully saturated rings. The van der Waals surface area contributed by atoms with Crippen molar-refractivity contribution < 1.29 is 4.74 Å². The first-order valence-electron chi connectivity index (χ1n) is 5.54. The van der Waals surface area contributed by atoms with E-state index >= 15 is 0 Å². The summed E-state index contributed by atoms with van der Waals surface area (Å²) in [7, 11) is 1.72. The molecular weight excluding hydrogens is 204 g/mol. The number of methoxy groups -OCH3 is 1. The molecule has 0 bridgehead atoms. The van der Waals surface area contributed by atoms with Crippen LogP contribution in [0.1, 0.15) is 12.8 Å². The number of hydrogen-bond acceptors (Lipinski definition) is 4. The maximum Gasteiger partial charge on any atom is 0.110 e. The average molecular weight is 220 g/mol.